The molecule has 0 radical (unpaired) electrons. The highest BCUT2D eigenvalue weighted by atomic mass is 16.4. The van der Waals surface area contributed by atoms with E-state index in [4.69, 9.17) is 4.42 Å². The van der Waals surface area contributed by atoms with Crippen molar-refractivity contribution < 1.29 is 14.3 Å². The molecular weight excluding hydrogens is 242 g/mol. The Labute approximate surface area is 114 Å². The van der Waals surface area contributed by atoms with Crippen molar-refractivity contribution in [1.82, 2.24) is 4.90 Å². The molecule has 2 heterocycles. The van der Waals surface area contributed by atoms with Crippen LogP contribution in [-0.4, -0.2) is 29.1 Å². The van der Waals surface area contributed by atoms with Crippen LogP contribution < -0.4 is 0 Å². The van der Waals surface area contributed by atoms with Crippen LogP contribution >= 0.6 is 0 Å². The van der Waals surface area contributed by atoms with Gasteiger partial charge in [0.2, 0.25) is 0 Å². The highest BCUT2D eigenvalue weighted by Crippen LogP contribution is 2.35. The number of rotatable bonds is 5. The van der Waals surface area contributed by atoms with Gasteiger partial charge in [-0.15, -0.1) is 0 Å². The van der Waals surface area contributed by atoms with Gasteiger partial charge in [-0.05, 0) is 44.9 Å². The van der Waals surface area contributed by atoms with Crippen LogP contribution in [0.3, 0.4) is 0 Å². The van der Waals surface area contributed by atoms with Crippen LogP contribution in [0.5, 0.6) is 0 Å². The molecule has 1 aromatic heterocycles. The molecule has 0 spiro atoms. The quantitative estimate of drug-likeness (QED) is 0.889. The fraction of sp³-hybridized carbons (Fsp3) is 0.667. The van der Waals surface area contributed by atoms with Gasteiger partial charge in [-0.3, -0.25) is 9.69 Å². The number of carbonyl (C=O) groups is 1. The number of nitrogens with zero attached hydrogens (tertiary/aromatic N) is 1. The van der Waals surface area contributed by atoms with Crippen molar-refractivity contribution in [1.29, 1.82) is 0 Å². The number of carboxylic acids is 1. The molecule has 1 unspecified atom stereocenters. The minimum Gasteiger partial charge on any atom is -0.481 e. The van der Waals surface area contributed by atoms with Crippen molar-refractivity contribution in [2.24, 2.45) is 5.41 Å². The number of hydrogen-bond donors (Lipinski definition) is 1. The van der Waals surface area contributed by atoms with E-state index >= 15 is 0 Å². The van der Waals surface area contributed by atoms with Gasteiger partial charge in [0.25, 0.3) is 0 Å². The maximum absolute atomic E-state index is 11.6. The first-order chi connectivity index (χ1) is 9.05. The number of aryl methyl sites for hydroxylation is 1. The monoisotopic (exact) mass is 265 g/mol. The van der Waals surface area contributed by atoms with Gasteiger partial charge in [-0.2, -0.15) is 0 Å². The van der Waals surface area contributed by atoms with Gasteiger partial charge >= 0.3 is 5.97 Å². The molecule has 19 heavy (non-hydrogen) atoms. The highest BCUT2D eigenvalue weighted by molar-refractivity contribution is 5.75. The van der Waals surface area contributed by atoms with Gasteiger partial charge < -0.3 is 9.52 Å². The number of carboxylic acid groups (broad SMARTS) is 1. The van der Waals surface area contributed by atoms with E-state index < -0.39 is 11.4 Å². The first-order valence-electron chi connectivity index (χ1n) is 7.07. The van der Waals surface area contributed by atoms with E-state index in [9.17, 15) is 9.90 Å². The third-order valence-electron chi connectivity index (χ3n) is 4.01. The minimum absolute atomic E-state index is 0.561. The van der Waals surface area contributed by atoms with Crippen LogP contribution in [0.2, 0.25) is 0 Å². The molecule has 1 fully saturated rings. The lowest BCUT2D eigenvalue weighted by Crippen LogP contribution is -2.47. The molecule has 1 atom stereocenters. The van der Waals surface area contributed by atoms with Crippen LogP contribution in [0.4, 0.5) is 0 Å². The molecule has 0 aliphatic carbocycles. The van der Waals surface area contributed by atoms with E-state index in [1.165, 1.54) is 0 Å². The zero-order chi connectivity index (χ0) is 13.9. The zero-order valence-electron chi connectivity index (χ0n) is 11.8. The summed E-state index contributed by atoms with van der Waals surface area (Å²) in [5.41, 5.74) is -0.561. The Morgan fingerprint density at radius 2 is 2.32 bits per heavy atom. The molecule has 1 saturated heterocycles. The van der Waals surface area contributed by atoms with Crippen molar-refractivity contribution in [3.63, 3.8) is 0 Å². The predicted octanol–water partition coefficient (Wildman–Crippen LogP) is 3.05. The van der Waals surface area contributed by atoms with Crippen LogP contribution in [-0.2, 0) is 11.3 Å². The lowest BCUT2D eigenvalue weighted by atomic mass is 9.76. The van der Waals surface area contributed by atoms with Gasteiger partial charge in [0, 0.05) is 6.54 Å². The fourth-order valence-electron chi connectivity index (χ4n) is 3.12. The second kappa shape index (κ2) is 5.78. The normalized spacial score (nSPS) is 24.5. The lowest BCUT2D eigenvalue weighted by molar-refractivity contribution is -0.153. The average Bonchev–Trinajstić information content (AvgIpc) is 2.75. The summed E-state index contributed by atoms with van der Waals surface area (Å²) in [7, 11) is 0. The Morgan fingerprint density at radius 3 is 2.89 bits per heavy atom. The van der Waals surface area contributed by atoms with E-state index in [-0.39, 0.29) is 0 Å². The Bertz CT molecular complexity index is 436. The SMILES string of the molecule is CCCC1(C(=O)O)CCCN(Cc2ccc(C)o2)C1. The van der Waals surface area contributed by atoms with Crippen molar-refractivity contribution in [3.8, 4) is 0 Å². The summed E-state index contributed by atoms with van der Waals surface area (Å²) in [4.78, 5) is 13.8. The number of furan rings is 1. The van der Waals surface area contributed by atoms with Crippen molar-refractivity contribution in [2.45, 2.75) is 46.1 Å². The van der Waals surface area contributed by atoms with E-state index in [1.54, 1.807) is 0 Å². The molecule has 0 aromatic carbocycles. The maximum Gasteiger partial charge on any atom is 0.310 e. The number of hydrogen-bond acceptors (Lipinski definition) is 3. The van der Waals surface area contributed by atoms with Gasteiger partial charge in [0.15, 0.2) is 0 Å². The zero-order valence-corrected chi connectivity index (χ0v) is 11.8. The van der Waals surface area contributed by atoms with E-state index in [1.807, 2.05) is 19.1 Å². The van der Waals surface area contributed by atoms with Gasteiger partial charge in [0.1, 0.15) is 11.5 Å². The molecule has 0 bridgehead atoms. The van der Waals surface area contributed by atoms with Crippen LogP contribution in [0.1, 0.15) is 44.1 Å². The van der Waals surface area contributed by atoms with Crippen molar-refractivity contribution in [2.75, 3.05) is 13.1 Å². The Morgan fingerprint density at radius 1 is 1.53 bits per heavy atom. The van der Waals surface area contributed by atoms with Crippen molar-refractivity contribution in [3.05, 3.63) is 23.7 Å². The molecule has 1 aromatic rings. The summed E-state index contributed by atoms with van der Waals surface area (Å²) in [5, 5.41) is 9.56. The number of likely N-dealkylation sites (tertiary alicyclic amines) is 1. The second-order valence-electron chi connectivity index (χ2n) is 5.66. The summed E-state index contributed by atoms with van der Waals surface area (Å²) in [6.45, 7) is 6.29. The first-order valence-corrected chi connectivity index (χ1v) is 7.07. The van der Waals surface area contributed by atoms with Gasteiger partial charge in [-0.25, -0.2) is 0 Å². The highest BCUT2D eigenvalue weighted by Gasteiger charge is 2.41. The molecule has 106 valence electrons. The van der Waals surface area contributed by atoms with Crippen LogP contribution in [0, 0.1) is 12.3 Å². The molecular formula is C15H23NO3. The Hall–Kier alpha value is -1.29. The standard InChI is InChI=1S/C15H23NO3/c1-3-7-15(14(17)18)8-4-9-16(11-15)10-13-6-5-12(2)19-13/h5-6H,3-4,7-11H2,1-2H3,(H,17,18). The largest absolute Gasteiger partial charge is 0.481 e. The summed E-state index contributed by atoms with van der Waals surface area (Å²) < 4.78 is 5.59. The molecule has 0 amide bonds. The summed E-state index contributed by atoms with van der Waals surface area (Å²) >= 11 is 0. The van der Waals surface area contributed by atoms with Crippen LogP contribution in [0.25, 0.3) is 0 Å². The minimum atomic E-state index is -0.644. The smallest absolute Gasteiger partial charge is 0.310 e. The van der Waals surface area contributed by atoms with Gasteiger partial charge in [-0.1, -0.05) is 13.3 Å². The molecule has 4 nitrogen and oxygen atoms in total. The van der Waals surface area contributed by atoms with E-state index in [0.717, 1.165) is 43.7 Å². The third kappa shape index (κ3) is 3.18. The summed E-state index contributed by atoms with van der Waals surface area (Å²) in [5.74, 6) is 1.19. The lowest BCUT2D eigenvalue weighted by Gasteiger charge is -2.39. The molecule has 1 N–H and O–H groups in total. The molecule has 2 rings (SSSR count). The average molecular weight is 265 g/mol. The molecule has 0 saturated carbocycles. The molecule has 4 heteroatoms. The Balaban J connectivity index is 2.05. The van der Waals surface area contributed by atoms with Crippen molar-refractivity contribution >= 4 is 5.97 Å². The molecule has 1 aliphatic rings. The fourth-order valence-corrected chi connectivity index (χ4v) is 3.12. The second-order valence-corrected chi connectivity index (χ2v) is 5.66. The topological polar surface area (TPSA) is 53.7 Å². The summed E-state index contributed by atoms with van der Waals surface area (Å²) in [6.07, 6.45) is 3.42. The Kier molecular flexibility index (Phi) is 4.30. The number of aliphatic carboxylic acids is 1. The van der Waals surface area contributed by atoms with E-state index in [0.29, 0.717) is 13.1 Å². The predicted molar refractivity (Wildman–Crippen MR) is 72.9 cm³/mol. The van der Waals surface area contributed by atoms with Gasteiger partial charge in [0.05, 0.1) is 12.0 Å². The number of piperidine rings is 1. The maximum atomic E-state index is 11.6. The first kappa shape index (κ1) is 14.1. The van der Waals surface area contributed by atoms with E-state index in [2.05, 4.69) is 11.8 Å². The van der Waals surface area contributed by atoms with Crippen LogP contribution in [0.15, 0.2) is 16.5 Å². The molecule has 1 aliphatic heterocycles. The third-order valence-corrected chi connectivity index (χ3v) is 4.01. The summed E-state index contributed by atoms with van der Waals surface area (Å²) in [6, 6.07) is 3.93.